The Balaban J connectivity index is 1.38. The number of rotatable bonds is 2. The standard InChI is InChI=1S/C22H24N4O/c1-24-18-9-10-19(24)15-25(13-11-18)22(27)17-7-5-16(6-8-17)20-14-23-26-12-3-2-4-21(20)26/h2-8,12,14,18-19H,9-11,13,15H2,1H3/t18-,19+/m0/s1. The molecule has 0 unspecified atom stereocenters. The predicted molar refractivity (Wildman–Crippen MR) is 106 cm³/mol. The van der Waals surface area contributed by atoms with Crippen LogP contribution in [0.25, 0.3) is 16.6 Å². The summed E-state index contributed by atoms with van der Waals surface area (Å²) in [6.45, 7) is 1.71. The van der Waals surface area contributed by atoms with Crippen molar-refractivity contribution in [1.29, 1.82) is 0 Å². The zero-order valence-corrected chi connectivity index (χ0v) is 15.6. The van der Waals surface area contributed by atoms with Crippen molar-refractivity contribution in [2.75, 3.05) is 20.1 Å². The van der Waals surface area contributed by atoms with Gasteiger partial charge in [0.05, 0.1) is 11.7 Å². The molecule has 27 heavy (non-hydrogen) atoms. The summed E-state index contributed by atoms with van der Waals surface area (Å²) >= 11 is 0. The first kappa shape index (κ1) is 16.5. The Morgan fingerprint density at radius 2 is 1.85 bits per heavy atom. The van der Waals surface area contributed by atoms with Crippen LogP contribution in [-0.4, -0.2) is 57.5 Å². The normalized spacial score (nSPS) is 22.9. The van der Waals surface area contributed by atoms with Gasteiger partial charge in [0.2, 0.25) is 0 Å². The van der Waals surface area contributed by atoms with Crippen molar-refractivity contribution in [3.8, 4) is 11.1 Å². The van der Waals surface area contributed by atoms with Gasteiger partial charge in [-0.05, 0) is 56.1 Å². The molecule has 0 N–H and O–H groups in total. The summed E-state index contributed by atoms with van der Waals surface area (Å²) < 4.78 is 1.87. The molecule has 2 aliphatic rings. The molecule has 0 aliphatic carbocycles. The maximum absolute atomic E-state index is 13.0. The lowest BCUT2D eigenvalue weighted by atomic mass is 10.0. The molecule has 0 spiro atoms. The minimum absolute atomic E-state index is 0.155. The Kier molecular flexibility index (Phi) is 3.97. The summed E-state index contributed by atoms with van der Waals surface area (Å²) in [4.78, 5) is 17.6. The van der Waals surface area contributed by atoms with Gasteiger partial charge in [0.25, 0.3) is 5.91 Å². The third-order valence-electron chi connectivity index (χ3n) is 6.30. The fourth-order valence-electron chi connectivity index (χ4n) is 4.63. The van der Waals surface area contributed by atoms with E-state index in [4.69, 9.17) is 0 Å². The van der Waals surface area contributed by atoms with E-state index in [1.165, 1.54) is 12.8 Å². The molecule has 2 saturated heterocycles. The van der Waals surface area contributed by atoms with Crippen LogP contribution in [0.4, 0.5) is 0 Å². The van der Waals surface area contributed by atoms with Gasteiger partial charge in [-0.25, -0.2) is 4.52 Å². The van der Waals surface area contributed by atoms with Crippen LogP contribution in [0.2, 0.25) is 0 Å². The molecule has 1 aromatic carbocycles. The van der Waals surface area contributed by atoms with Crippen LogP contribution in [0.3, 0.4) is 0 Å². The van der Waals surface area contributed by atoms with Crippen LogP contribution >= 0.6 is 0 Å². The fraction of sp³-hybridized carbons (Fsp3) is 0.364. The van der Waals surface area contributed by atoms with Crippen molar-refractivity contribution in [2.24, 2.45) is 0 Å². The Hall–Kier alpha value is -2.66. The lowest BCUT2D eigenvalue weighted by Gasteiger charge is -2.26. The molecule has 0 saturated carbocycles. The first-order valence-electron chi connectivity index (χ1n) is 9.75. The lowest BCUT2D eigenvalue weighted by Crippen LogP contribution is -2.39. The molecule has 138 valence electrons. The number of hydrogen-bond acceptors (Lipinski definition) is 3. The van der Waals surface area contributed by atoms with E-state index in [9.17, 15) is 4.79 Å². The van der Waals surface area contributed by atoms with E-state index < -0.39 is 0 Å². The van der Waals surface area contributed by atoms with Crippen LogP contribution in [-0.2, 0) is 0 Å². The largest absolute Gasteiger partial charge is 0.337 e. The van der Waals surface area contributed by atoms with E-state index in [0.717, 1.165) is 41.7 Å². The van der Waals surface area contributed by atoms with E-state index in [2.05, 4.69) is 23.1 Å². The lowest BCUT2D eigenvalue weighted by molar-refractivity contribution is 0.0740. The van der Waals surface area contributed by atoms with Crippen LogP contribution in [0, 0.1) is 0 Å². The maximum Gasteiger partial charge on any atom is 0.253 e. The first-order chi connectivity index (χ1) is 13.2. The molecule has 0 radical (unpaired) electrons. The van der Waals surface area contributed by atoms with E-state index in [1.54, 1.807) is 0 Å². The maximum atomic E-state index is 13.0. The molecule has 2 fully saturated rings. The molecule has 5 rings (SSSR count). The third kappa shape index (κ3) is 2.82. The summed E-state index contributed by atoms with van der Waals surface area (Å²) in [7, 11) is 2.21. The highest BCUT2D eigenvalue weighted by molar-refractivity contribution is 5.95. The minimum atomic E-state index is 0.155. The average molecular weight is 360 g/mol. The Morgan fingerprint density at radius 3 is 2.70 bits per heavy atom. The van der Waals surface area contributed by atoms with Crippen molar-refractivity contribution in [3.63, 3.8) is 0 Å². The van der Waals surface area contributed by atoms with Gasteiger partial charge in [0, 0.05) is 42.5 Å². The number of benzene rings is 1. The van der Waals surface area contributed by atoms with Crippen LogP contribution in [0.15, 0.2) is 54.9 Å². The van der Waals surface area contributed by atoms with E-state index in [0.29, 0.717) is 12.1 Å². The number of likely N-dealkylation sites (N-methyl/N-ethyl adjacent to an activating group) is 1. The second-order valence-electron chi connectivity index (χ2n) is 7.76. The highest BCUT2D eigenvalue weighted by atomic mass is 16.2. The van der Waals surface area contributed by atoms with Gasteiger partial charge in [-0.1, -0.05) is 18.2 Å². The predicted octanol–water partition coefficient (Wildman–Crippen LogP) is 3.31. The van der Waals surface area contributed by atoms with Gasteiger partial charge >= 0.3 is 0 Å². The molecular weight excluding hydrogens is 336 g/mol. The van der Waals surface area contributed by atoms with E-state index in [-0.39, 0.29) is 5.91 Å². The van der Waals surface area contributed by atoms with Gasteiger partial charge in [-0.15, -0.1) is 0 Å². The Morgan fingerprint density at radius 1 is 1.04 bits per heavy atom. The highest BCUT2D eigenvalue weighted by Crippen LogP contribution is 2.29. The number of carbonyl (C=O) groups excluding carboxylic acids is 1. The van der Waals surface area contributed by atoms with Crippen molar-refractivity contribution in [2.45, 2.75) is 31.3 Å². The third-order valence-corrected chi connectivity index (χ3v) is 6.30. The molecule has 3 aromatic rings. The summed E-state index contributed by atoms with van der Waals surface area (Å²) in [5, 5.41) is 4.40. The molecule has 4 heterocycles. The van der Waals surface area contributed by atoms with Crippen LogP contribution < -0.4 is 0 Å². The van der Waals surface area contributed by atoms with Gasteiger partial charge < -0.3 is 4.90 Å². The minimum Gasteiger partial charge on any atom is -0.337 e. The molecule has 5 heteroatoms. The fourth-order valence-corrected chi connectivity index (χ4v) is 4.63. The number of hydrogen-bond donors (Lipinski definition) is 0. The summed E-state index contributed by atoms with van der Waals surface area (Å²) in [5.41, 5.74) is 4.02. The Labute approximate surface area is 159 Å². The Bertz CT molecular complexity index is 977. The second kappa shape index (κ2) is 6.50. The number of aromatic nitrogens is 2. The smallest absolute Gasteiger partial charge is 0.253 e. The molecule has 2 bridgehead atoms. The van der Waals surface area contributed by atoms with Crippen molar-refractivity contribution in [1.82, 2.24) is 19.4 Å². The highest BCUT2D eigenvalue weighted by Gasteiger charge is 2.36. The van der Waals surface area contributed by atoms with Crippen LogP contribution in [0.5, 0.6) is 0 Å². The average Bonchev–Trinajstić information content (AvgIpc) is 3.22. The zero-order valence-electron chi connectivity index (χ0n) is 15.6. The molecule has 1 amide bonds. The first-order valence-corrected chi connectivity index (χ1v) is 9.75. The van der Waals surface area contributed by atoms with Gasteiger partial charge in [-0.2, -0.15) is 5.10 Å². The van der Waals surface area contributed by atoms with Crippen LogP contribution in [0.1, 0.15) is 29.6 Å². The van der Waals surface area contributed by atoms with E-state index in [1.807, 2.05) is 58.2 Å². The summed E-state index contributed by atoms with van der Waals surface area (Å²) in [5.74, 6) is 0.155. The zero-order chi connectivity index (χ0) is 18.4. The molecular formula is C22H24N4O. The number of pyridine rings is 1. The quantitative estimate of drug-likeness (QED) is 0.704. The van der Waals surface area contributed by atoms with Crippen molar-refractivity contribution >= 4 is 11.4 Å². The molecule has 2 atom stereocenters. The monoisotopic (exact) mass is 360 g/mol. The van der Waals surface area contributed by atoms with E-state index >= 15 is 0 Å². The summed E-state index contributed by atoms with van der Waals surface area (Å²) in [6, 6.07) is 15.2. The number of fused-ring (bicyclic) bond motifs is 3. The van der Waals surface area contributed by atoms with Crippen molar-refractivity contribution < 1.29 is 4.79 Å². The topological polar surface area (TPSA) is 40.8 Å². The number of amides is 1. The van der Waals surface area contributed by atoms with Gasteiger partial charge in [0.1, 0.15) is 0 Å². The van der Waals surface area contributed by atoms with Gasteiger partial charge in [-0.3, -0.25) is 9.69 Å². The molecule has 2 aromatic heterocycles. The van der Waals surface area contributed by atoms with Gasteiger partial charge in [0.15, 0.2) is 0 Å². The molecule has 2 aliphatic heterocycles. The number of likely N-dealkylation sites (tertiary alicyclic amines) is 1. The van der Waals surface area contributed by atoms with Crippen molar-refractivity contribution in [3.05, 3.63) is 60.4 Å². The number of carbonyl (C=O) groups is 1. The number of nitrogens with zero attached hydrogens (tertiary/aromatic N) is 4. The second-order valence-corrected chi connectivity index (χ2v) is 7.76. The summed E-state index contributed by atoms with van der Waals surface area (Å²) in [6.07, 6.45) is 7.39. The SMILES string of the molecule is CN1[C@H]2CC[C@@H]1CN(C(=O)c1ccc(-c3cnn4ccccc34)cc1)CC2. The molecule has 5 nitrogen and oxygen atoms in total.